The molecule has 0 fully saturated rings. The van der Waals surface area contributed by atoms with Gasteiger partial charge in [0.15, 0.2) is 6.61 Å². The molecule has 0 spiro atoms. The Bertz CT molecular complexity index is 839. The van der Waals surface area contributed by atoms with Gasteiger partial charge in [0.05, 0.1) is 5.69 Å². The van der Waals surface area contributed by atoms with Gasteiger partial charge in [0, 0.05) is 24.1 Å². The Hall–Kier alpha value is -2.95. The Balaban J connectivity index is 1.58. The van der Waals surface area contributed by atoms with Crippen LogP contribution in [0.3, 0.4) is 0 Å². The van der Waals surface area contributed by atoms with Gasteiger partial charge in [0.2, 0.25) is 0 Å². The van der Waals surface area contributed by atoms with Crippen LogP contribution in [0.2, 0.25) is 0 Å². The van der Waals surface area contributed by atoms with E-state index in [0.717, 1.165) is 22.2 Å². The minimum Gasteiger partial charge on any atom is -0.484 e. The van der Waals surface area contributed by atoms with Crippen molar-refractivity contribution < 1.29 is 9.53 Å². The van der Waals surface area contributed by atoms with E-state index in [1.807, 2.05) is 73.3 Å². The summed E-state index contributed by atoms with van der Waals surface area (Å²) in [6.07, 6.45) is 1.94. The molecule has 0 aliphatic rings. The van der Waals surface area contributed by atoms with Crippen LogP contribution < -0.4 is 15.6 Å². The van der Waals surface area contributed by atoms with E-state index >= 15 is 0 Å². The van der Waals surface area contributed by atoms with Gasteiger partial charge < -0.3 is 9.30 Å². The van der Waals surface area contributed by atoms with Gasteiger partial charge in [0.1, 0.15) is 5.75 Å². The molecule has 3 aromatic rings. The highest BCUT2D eigenvalue weighted by atomic mass is 16.5. The summed E-state index contributed by atoms with van der Waals surface area (Å²) in [5.74, 6) is 0.449. The first-order valence-electron chi connectivity index (χ1n) is 7.42. The Morgan fingerprint density at radius 2 is 2.00 bits per heavy atom. The average molecular weight is 309 g/mol. The summed E-state index contributed by atoms with van der Waals surface area (Å²) in [4.78, 5) is 11.9. The van der Waals surface area contributed by atoms with Crippen molar-refractivity contribution in [2.45, 2.75) is 6.92 Å². The zero-order valence-corrected chi connectivity index (χ0v) is 13.2. The van der Waals surface area contributed by atoms with E-state index in [2.05, 4.69) is 10.9 Å². The fraction of sp³-hybridized carbons (Fsp3) is 0.167. The standard InChI is InChI=1S/C18H19N3O2/c1-13-6-5-7-14(10-13)23-12-18(22)20-19-16-11-21(2)17-9-4-3-8-15(16)17/h3-11,19H,12H2,1-2H3,(H,20,22). The van der Waals surface area contributed by atoms with E-state index in [9.17, 15) is 4.79 Å². The topological polar surface area (TPSA) is 55.3 Å². The molecule has 5 heteroatoms. The van der Waals surface area contributed by atoms with Crippen LogP contribution in [-0.2, 0) is 11.8 Å². The van der Waals surface area contributed by atoms with E-state index in [4.69, 9.17) is 4.74 Å². The summed E-state index contributed by atoms with van der Waals surface area (Å²) in [6, 6.07) is 15.6. The molecule has 0 saturated carbocycles. The zero-order chi connectivity index (χ0) is 16.2. The number of hydrogen-bond donors (Lipinski definition) is 2. The molecule has 1 heterocycles. The van der Waals surface area contributed by atoms with Crippen molar-refractivity contribution in [3.8, 4) is 5.75 Å². The summed E-state index contributed by atoms with van der Waals surface area (Å²) in [5, 5.41) is 1.05. The smallest absolute Gasteiger partial charge is 0.276 e. The van der Waals surface area contributed by atoms with Gasteiger partial charge in [-0.3, -0.25) is 15.6 Å². The van der Waals surface area contributed by atoms with E-state index in [-0.39, 0.29) is 12.5 Å². The average Bonchev–Trinajstić information content (AvgIpc) is 2.88. The van der Waals surface area contributed by atoms with Crippen LogP contribution in [0.4, 0.5) is 5.69 Å². The second-order valence-corrected chi connectivity index (χ2v) is 5.45. The molecule has 1 amide bonds. The number of nitrogens with one attached hydrogen (secondary N) is 2. The lowest BCUT2D eigenvalue weighted by molar-refractivity contribution is -0.122. The van der Waals surface area contributed by atoms with Gasteiger partial charge in [-0.2, -0.15) is 0 Å². The third-order valence-corrected chi connectivity index (χ3v) is 3.59. The Kier molecular flexibility index (Phi) is 4.19. The fourth-order valence-electron chi connectivity index (χ4n) is 2.47. The largest absolute Gasteiger partial charge is 0.484 e. The molecule has 3 rings (SSSR count). The number of nitrogens with zero attached hydrogens (tertiary/aromatic N) is 1. The lowest BCUT2D eigenvalue weighted by Crippen LogP contribution is -2.33. The third kappa shape index (κ3) is 3.45. The number of para-hydroxylation sites is 1. The van der Waals surface area contributed by atoms with Crippen molar-refractivity contribution in [1.29, 1.82) is 0 Å². The predicted molar refractivity (Wildman–Crippen MR) is 91.4 cm³/mol. The third-order valence-electron chi connectivity index (χ3n) is 3.59. The first-order valence-corrected chi connectivity index (χ1v) is 7.42. The highest BCUT2D eigenvalue weighted by Gasteiger charge is 2.07. The van der Waals surface area contributed by atoms with Crippen LogP contribution in [0.1, 0.15) is 5.56 Å². The lowest BCUT2D eigenvalue weighted by atomic mass is 10.2. The number of anilines is 1. The van der Waals surface area contributed by atoms with E-state index in [0.29, 0.717) is 5.75 Å². The van der Waals surface area contributed by atoms with E-state index in [1.54, 1.807) is 0 Å². The highest BCUT2D eigenvalue weighted by molar-refractivity contribution is 5.93. The fourth-order valence-corrected chi connectivity index (χ4v) is 2.47. The molecule has 0 aliphatic carbocycles. The van der Waals surface area contributed by atoms with Crippen molar-refractivity contribution in [3.63, 3.8) is 0 Å². The van der Waals surface area contributed by atoms with Crippen LogP contribution in [0.5, 0.6) is 5.75 Å². The molecule has 2 N–H and O–H groups in total. The second kappa shape index (κ2) is 6.44. The number of hydrogen-bond acceptors (Lipinski definition) is 3. The molecule has 0 saturated heterocycles. The molecule has 0 radical (unpaired) electrons. The van der Waals surface area contributed by atoms with Crippen LogP contribution in [0.25, 0.3) is 10.9 Å². The number of carbonyl (C=O) groups excluding carboxylic acids is 1. The quantitative estimate of drug-likeness (QED) is 0.712. The molecule has 23 heavy (non-hydrogen) atoms. The minimum atomic E-state index is -0.237. The monoisotopic (exact) mass is 309 g/mol. The van der Waals surface area contributed by atoms with E-state index in [1.165, 1.54) is 0 Å². The predicted octanol–water partition coefficient (Wildman–Crippen LogP) is 3.01. The maximum atomic E-state index is 11.9. The number of aryl methyl sites for hydroxylation is 2. The number of carbonyl (C=O) groups is 1. The van der Waals surface area contributed by atoms with Crippen molar-refractivity contribution in [2.24, 2.45) is 7.05 Å². The molecular formula is C18H19N3O2. The van der Waals surface area contributed by atoms with Crippen molar-refractivity contribution >= 4 is 22.5 Å². The molecule has 0 aliphatic heterocycles. The van der Waals surface area contributed by atoms with Crippen LogP contribution >= 0.6 is 0 Å². The molecule has 2 aromatic carbocycles. The zero-order valence-electron chi connectivity index (χ0n) is 13.2. The van der Waals surface area contributed by atoms with Crippen molar-refractivity contribution in [2.75, 3.05) is 12.0 Å². The number of aromatic nitrogens is 1. The summed E-state index contributed by atoms with van der Waals surface area (Å²) < 4.78 is 7.48. The lowest BCUT2D eigenvalue weighted by Gasteiger charge is -2.09. The molecular weight excluding hydrogens is 290 g/mol. The molecule has 118 valence electrons. The Morgan fingerprint density at radius 1 is 1.17 bits per heavy atom. The summed E-state index contributed by atoms with van der Waals surface area (Å²) in [5.41, 5.74) is 8.66. The van der Waals surface area contributed by atoms with Gasteiger partial charge in [-0.15, -0.1) is 0 Å². The van der Waals surface area contributed by atoms with Crippen molar-refractivity contribution in [3.05, 3.63) is 60.3 Å². The molecule has 1 aromatic heterocycles. The minimum absolute atomic E-state index is 0.0405. The number of benzene rings is 2. The molecule has 0 bridgehead atoms. The summed E-state index contributed by atoms with van der Waals surface area (Å²) in [7, 11) is 1.97. The maximum Gasteiger partial charge on any atom is 0.276 e. The maximum absolute atomic E-state index is 11.9. The number of fused-ring (bicyclic) bond motifs is 1. The van der Waals surface area contributed by atoms with Crippen LogP contribution in [0.15, 0.2) is 54.7 Å². The Labute approximate surface area is 134 Å². The van der Waals surface area contributed by atoms with Crippen molar-refractivity contribution in [1.82, 2.24) is 9.99 Å². The first kappa shape index (κ1) is 15.0. The SMILES string of the molecule is Cc1cccc(OCC(=O)NNc2cn(C)c3ccccc23)c1. The Morgan fingerprint density at radius 3 is 2.83 bits per heavy atom. The highest BCUT2D eigenvalue weighted by Crippen LogP contribution is 2.24. The summed E-state index contributed by atoms with van der Waals surface area (Å²) >= 11 is 0. The number of hydrazine groups is 1. The second-order valence-electron chi connectivity index (χ2n) is 5.45. The van der Waals surface area contributed by atoms with Gasteiger partial charge >= 0.3 is 0 Å². The number of ether oxygens (including phenoxy) is 1. The molecule has 5 nitrogen and oxygen atoms in total. The van der Waals surface area contributed by atoms with E-state index < -0.39 is 0 Å². The van der Waals surface area contributed by atoms with Gasteiger partial charge in [0.25, 0.3) is 5.91 Å². The van der Waals surface area contributed by atoms with Gasteiger partial charge in [-0.25, -0.2) is 0 Å². The van der Waals surface area contributed by atoms with Crippen LogP contribution in [-0.4, -0.2) is 17.1 Å². The first-order chi connectivity index (χ1) is 11.1. The molecule has 0 unspecified atom stereocenters. The summed E-state index contributed by atoms with van der Waals surface area (Å²) in [6.45, 7) is 1.94. The van der Waals surface area contributed by atoms with Gasteiger partial charge in [-0.1, -0.05) is 30.3 Å². The van der Waals surface area contributed by atoms with Gasteiger partial charge in [-0.05, 0) is 30.7 Å². The normalized spacial score (nSPS) is 10.5. The number of amides is 1. The molecule has 0 atom stereocenters. The number of rotatable bonds is 5. The van der Waals surface area contributed by atoms with Crippen LogP contribution in [0, 0.1) is 6.92 Å².